The molecule has 0 amide bonds. The van der Waals surface area contributed by atoms with Gasteiger partial charge in [0.15, 0.2) is 0 Å². The molecular formula is C9H8INO2. The third-order valence-electron chi connectivity index (χ3n) is 2.20. The van der Waals surface area contributed by atoms with Crippen molar-refractivity contribution >= 4 is 28.6 Å². The van der Waals surface area contributed by atoms with Crippen LogP contribution in [0.2, 0.25) is 0 Å². The molecule has 0 saturated heterocycles. The molecule has 1 heterocycles. The second kappa shape index (κ2) is 3.26. The van der Waals surface area contributed by atoms with Gasteiger partial charge in [-0.3, -0.25) is 10.1 Å². The smallest absolute Gasteiger partial charge is 0.325 e. The highest BCUT2D eigenvalue weighted by Gasteiger charge is 2.28. The van der Waals surface area contributed by atoms with Gasteiger partial charge >= 0.3 is 5.97 Å². The number of hydrogen-bond donors (Lipinski definition) is 2. The minimum atomic E-state index is -0.805. The number of halogens is 1. The van der Waals surface area contributed by atoms with Crippen molar-refractivity contribution in [2.45, 2.75) is 12.6 Å². The number of carboxylic acid groups (broad SMARTS) is 1. The summed E-state index contributed by atoms with van der Waals surface area (Å²) in [5.41, 5.74) is 2.02. The van der Waals surface area contributed by atoms with E-state index in [-0.39, 0.29) is 0 Å². The van der Waals surface area contributed by atoms with E-state index in [2.05, 4.69) is 27.9 Å². The summed E-state index contributed by atoms with van der Waals surface area (Å²) in [4.78, 5) is 10.8. The van der Waals surface area contributed by atoms with Gasteiger partial charge in [-0.2, -0.15) is 0 Å². The molecular weight excluding hydrogens is 281 g/mol. The number of hydrogen-bond acceptors (Lipinski definition) is 2. The number of fused-ring (bicyclic) bond motifs is 1. The largest absolute Gasteiger partial charge is 0.480 e. The first kappa shape index (κ1) is 8.96. The molecule has 2 rings (SSSR count). The third-order valence-corrected chi connectivity index (χ3v) is 3.21. The number of benzene rings is 1. The van der Waals surface area contributed by atoms with Gasteiger partial charge < -0.3 is 5.11 Å². The van der Waals surface area contributed by atoms with Gasteiger partial charge in [0, 0.05) is 10.1 Å². The lowest BCUT2D eigenvalue weighted by molar-refractivity contribution is -0.139. The van der Waals surface area contributed by atoms with E-state index in [0.29, 0.717) is 6.54 Å². The molecule has 0 saturated carbocycles. The van der Waals surface area contributed by atoms with Gasteiger partial charge in [0.1, 0.15) is 6.04 Å². The summed E-state index contributed by atoms with van der Waals surface area (Å²) in [6, 6.07) is 5.23. The summed E-state index contributed by atoms with van der Waals surface area (Å²) in [5.74, 6) is -0.805. The number of aliphatic carboxylic acids is 1. The van der Waals surface area contributed by atoms with Crippen molar-refractivity contribution in [2.24, 2.45) is 0 Å². The lowest BCUT2D eigenvalue weighted by Crippen LogP contribution is -2.21. The normalized spacial score (nSPS) is 19.9. The van der Waals surface area contributed by atoms with Crippen LogP contribution in [0.4, 0.5) is 0 Å². The fraction of sp³-hybridized carbons (Fsp3) is 0.222. The molecule has 0 aliphatic carbocycles. The van der Waals surface area contributed by atoms with Crippen LogP contribution in [0.25, 0.3) is 0 Å². The molecule has 1 atom stereocenters. The fourth-order valence-electron chi connectivity index (χ4n) is 1.57. The molecule has 0 unspecified atom stereocenters. The Morgan fingerprint density at radius 1 is 1.62 bits per heavy atom. The molecule has 68 valence electrons. The van der Waals surface area contributed by atoms with Crippen LogP contribution in [0.1, 0.15) is 17.2 Å². The average molecular weight is 289 g/mol. The quantitative estimate of drug-likeness (QED) is 0.771. The molecule has 0 fully saturated rings. The minimum Gasteiger partial charge on any atom is -0.480 e. The molecule has 3 nitrogen and oxygen atoms in total. The van der Waals surface area contributed by atoms with Crippen molar-refractivity contribution in [2.75, 3.05) is 0 Å². The van der Waals surface area contributed by atoms with Gasteiger partial charge in [0.05, 0.1) is 0 Å². The monoisotopic (exact) mass is 289 g/mol. The van der Waals surface area contributed by atoms with Crippen molar-refractivity contribution < 1.29 is 9.90 Å². The number of carbonyl (C=O) groups is 1. The second-order valence-corrected chi connectivity index (χ2v) is 4.12. The van der Waals surface area contributed by atoms with Crippen LogP contribution in [0, 0.1) is 3.57 Å². The molecule has 1 aromatic rings. The summed E-state index contributed by atoms with van der Waals surface area (Å²) in [6.07, 6.45) is 0. The zero-order chi connectivity index (χ0) is 9.42. The molecule has 0 aromatic heterocycles. The van der Waals surface area contributed by atoms with Crippen LogP contribution in [-0.2, 0) is 11.3 Å². The van der Waals surface area contributed by atoms with E-state index >= 15 is 0 Å². The minimum absolute atomic E-state index is 0.523. The molecule has 4 heteroatoms. The molecule has 1 aliphatic rings. The number of rotatable bonds is 1. The van der Waals surface area contributed by atoms with E-state index in [1.54, 1.807) is 0 Å². The predicted molar refractivity (Wildman–Crippen MR) is 56.4 cm³/mol. The summed E-state index contributed by atoms with van der Waals surface area (Å²) in [5, 5.41) is 11.8. The van der Waals surface area contributed by atoms with Crippen molar-refractivity contribution in [3.63, 3.8) is 0 Å². The Morgan fingerprint density at radius 2 is 2.38 bits per heavy atom. The molecule has 0 spiro atoms. The first-order valence-corrected chi connectivity index (χ1v) is 5.01. The molecule has 0 bridgehead atoms. The summed E-state index contributed by atoms with van der Waals surface area (Å²) >= 11 is 2.23. The molecule has 2 N–H and O–H groups in total. The first-order chi connectivity index (χ1) is 6.20. The van der Waals surface area contributed by atoms with Crippen molar-refractivity contribution in [1.82, 2.24) is 5.32 Å². The Kier molecular flexibility index (Phi) is 2.25. The van der Waals surface area contributed by atoms with Gasteiger partial charge in [0.2, 0.25) is 0 Å². The average Bonchev–Trinajstić information content (AvgIpc) is 2.48. The van der Waals surface area contributed by atoms with E-state index in [1.165, 1.54) is 0 Å². The predicted octanol–water partition coefficient (Wildman–Crippen LogP) is 1.52. The van der Waals surface area contributed by atoms with Gasteiger partial charge in [-0.05, 0) is 39.8 Å². The molecule has 1 aromatic carbocycles. The molecule has 0 radical (unpaired) electrons. The molecule has 1 aliphatic heterocycles. The number of nitrogens with one attached hydrogen (secondary N) is 1. The fourth-order valence-corrected chi connectivity index (χ4v) is 2.28. The zero-order valence-electron chi connectivity index (χ0n) is 6.75. The van der Waals surface area contributed by atoms with Crippen LogP contribution in [0.3, 0.4) is 0 Å². The van der Waals surface area contributed by atoms with Crippen LogP contribution in [-0.4, -0.2) is 11.1 Å². The maximum atomic E-state index is 10.8. The Bertz CT molecular complexity index is 365. The molecule has 13 heavy (non-hydrogen) atoms. The van der Waals surface area contributed by atoms with Gasteiger partial charge in [-0.25, -0.2) is 0 Å². The van der Waals surface area contributed by atoms with E-state index in [4.69, 9.17) is 5.11 Å². The highest BCUT2D eigenvalue weighted by molar-refractivity contribution is 14.1. The Balaban J connectivity index is 2.49. The highest BCUT2D eigenvalue weighted by atomic mass is 127. The lowest BCUT2D eigenvalue weighted by Gasteiger charge is -2.05. The second-order valence-electron chi connectivity index (χ2n) is 2.96. The van der Waals surface area contributed by atoms with Crippen molar-refractivity contribution in [1.29, 1.82) is 0 Å². The standard InChI is InChI=1S/C9H8INO2/c10-7-3-1-2-5-6(7)4-11-8(5)9(12)13/h1-3,8,11H,4H2,(H,12,13)/t8-/m0/s1. The lowest BCUT2D eigenvalue weighted by atomic mass is 10.1. The highest BCUT2D eigenvalue weighted by Crippen LogP contribution is 2.28. The Morgan fingerprint density at radius 3 is 3.08 bits per heavy atom. The van der Waals surface area contributed by atoms with E-state index in [9.17, 15) is 4.79 Å². The van der Waals surface area contributed by atoms with Crippen LogP contribution in [0.5, 0.6) is 0 Å². The van der Waals surface area contributed by atoms with E-state index < -0.39 is 12.0 Å². The maximum Gasteiger partial charge on any atom is 0.325 e. The van der Waals surface area contributed by atoms with Gasteiger partial charge in [-0.15, -0.1) is 0 Å². The van der Waals surface area contributed by atoms with Crippen LogP contribution < -0.4 is 5.32 Å². The Labute approximate surface area is 89.3 Å². The van der Waals surface area contributed by atoms with Gasteiger partial charge in [0.25, 0.3) is 0 Å². The van der Waals surface area contributed by atoms with Gasteiger partial charge in [-0.1, -0.05) is 12.1 Å². The zero-order valence-corrected chi connectivity index (χ0v) is 8.91. The third kappa shape index (κ3) is 1.44. The maximum absolute atomic E-state index is 10.8. The summed E-state index contributed by atoms with van der Waals surface area (Å²) in [6.45, 7) is 0.658. The first-order valence-electron chi connectivity index (χ1n) is 3.93. The van der Waals surface area contributed by atoms with E-state index in [1.807, 2.05) is 18.2 Å². The topological polar surface area (TPSA) is 49.3 Å². The summed E-state index contributed by atoms with van der Waals surface area (Å²) in [7, 11) is 0. The van der Waals surface area contributed by atoms with Crippen LogP contribution in [0.15, 0.2) is 18.2 Å². The van der Waals surface area contributed by atoms with Crippen LogP contribution >= 0.6 is 22.6 Å². The van der Waals surface area contributed by atoms with E-state index in [0.717, 1.165) is 14.7 Å². The summed E-state index contributed by atoms with van der Waals surface area (Å²) < 4.78 is 1.13. The number of carboxylic acids is 1. The Hall–Kier alpha value is -0.620. The van der Waals surface area contributed by atoms with Crippen molar-refractivity contribution in [3.05, 3.63) is 32.9 Å². The SMILES string of the molecule is O=C(O)[C@H]1NCc2c(I)cccc21. The van der Waals surface area contributed by atoms with Crippen molar-refractivity contribution in [3.8, 4) is 0 Å².